The van der Waals surface area contributed by atoms with Gasteiger partial charge in [-0.1, -0.05) is 18.2 Å². The molecular weight excluding hydrogens is 338 g/mol. The van der Waals surface area contributed by atoms with Crippen molar-refractivity contribution in [2.45, 2.75) is 13.2 Å². The van der Waals surface area contributed by atoms with Gasteiger partial charge in [0.1, 0.15) is 11.6 Å². The Morgan fingerprint density at radius 3 is 2.96 bits per heavy atom. The van der Waals surface area contributed by atoms with Gasteiger partial charge in [0.2, 0.25) is 5.91 Å². The zero-order valence-corrected chi connectivity index (χ0v) is 14.1. The monoisotopic (exact) mass is 353 g/mol. The summed E-state index contributed by atoms with van der Waals surface area (Å²) in [6.45, 7) is 0.599. The van der Waals surface area contributed by atoms with Gasteiger partial charge in [0.15, 0.2) is 11.5 Å². The quantitative estimate of drug-likeness (QED) is 0.574. The van der Waals surface area contributed by atoms with Crippen LogP contribution in [-0.2, 0) is 22.7 Å². The highest BCUT2D eigenvalue weighted by Crippen LogP contribution is 2.21. The summed E-state index contributed by atoms with van der Waals surface area (Å²) in [7, 11) is 0. The number of rotatable bonds is 6. The van der Waals surface area contributed by atoms with Crippen LogP contribution in [0.3, 0.4) is 0 Å². The van der Waals surface area contributed by atoms with Crippen molar-refractivity contribution in [1.82, 2.24) is 24.9 Å². The van der Waals surface area contributed by atoms with E-state index in [1.165, 1.54) is 0 Å². The van der Waals surface area contributed by atoms with Gasteiger partial charge in [0, 0.05) is 6.20 Å². The van der Waals surface area contributed by atoms with E-state index in [9.17, 15) is 4.79 Å². The number of benzene rings is 1. The summed E-state index contributed by atoms with van der Waals surface area (Å²) < 4.78 is 8.41. The number of carbonyl (C=O) groups excluding carboxylic acids is 1. The number of fused-ring (bicyclic) bond motifs is 2. The molecule has 4 rings (SSSR count). The van der Waals surface area contributed by atoms with Gasteiger partial charge < -0.3 is 10.1 Å². The molecule has 0 radical (unpaired) electrons. The molecule has 0 atom stereocenters. The van der Waals surface area contributed by atoms with Gasteiger partial charge >= 0.3 is 0 Å². The van der Waals surface area contributed by atoms with Gasteiger partial charge in [-0.25, -0.2) is 4.98 Å². The van der Waals surface area contributed by atoms with Gasteiger partial charge in [-0.3, -0.25) is 9.20 Å². The highest BCUT2D eigenvalue weighted by atomic mass is 32.1. The van der Waals surface area contributed by atoms with E-state index in [1.54, 1.807) is 11.3 Å². The van der Waals surface area contributed by atoms with Crippen LogP contribution >= 0.6 is 11.3 Å². The molecule has 0 saturated carbocycles. The number of aromatic nitrogens is 4. The molecule has 3 heterocycles. The normalized spacial score (nSPS) is 11.2. The first kappa shape index (κ1) is 15.7. The highest BCUT2D eigenvalue weighted by Gasteiger charge is 2.08. The number of nitrogens with one attached hydrogen (secondary N) is 1. The molecule has 0 unspecified atom stereocenters. The molecule has 8 heteroatoms. The number of para-hydroxylation sites is 1. The third kappa shape index (κ3) is 3.49. The van der Waals surface area contributed by atoms with Crippen LogP contribution in [0.4, 0.5) is 0 Å². The lowest BCUT2D eigenvalue weighted by molar-refractivity contribution is -0.126. The maximum Gasteiger partial charge on any atom is 0.246 e. The molecule has 0 fully saturated rings. The van der Waals surface area contributed by atoms with Crippen LogP contribution in [0.2, 0.25) is 0 Å². The summed E-state index contributed by atoms with van der Waals surface area (Å²) >= 11 is 1.57. The molecule has 4 aromatic rings. The number of hydrogen-bond donors (Lipinski definition) is 1. The van der Waals surface area contributed by atoms with Gasteiger partial charge in [-0.15, -0.1) is 21.5 Å². The van der Waals surface area contributed by atoms with E-state index in [4.69, 9.17) is 4.74 Å². The van der Waals surface area contributed by atoms with E-state index in [0.717, 1.165) is 20.9 Å². The largest absolute Gasteiger partial charge is 0.364 e. The Morgan fingerprint density at radius 1 is 1.16 bits per heavy atom. The molecule has 126 valence electrons. The lowest BCUT2D eigenvalue weighted by Gasteiger charge is -2.04. The Balaban J connectivity index is 1.27. The smallest absolute Gasteiger partial charge is 0.246 e. The van der Waals surface area contributed by atoms with E-state index < -0.39 is 0 Å². The third-order valence-electron chi connectivity index (χ3n) is 3.62. The molecule has 0 aliphatic carbocycles. The topological polar surface area (TPSA) is 81.4 Å². The minimum Gasteiger partial charge on any atom is -0.364 e. The van der Waals surface area contributed by atoms with Crippen molar-refractivity contribution in [3.8, 4) is 0 Å². The molecule has 25 heavy (non-hydrogen) atoms. The van der Waals surface area contributed by atoms with Crippen molar-refractivity contribution >= 4 is 33.1 Å². The Kier molecular flexibility index (Phi) is 4.36. The molecule has 1 aromatic carbocycles. The number of thiazole rings is 1. The van der Waals surface area contributed by atoms with E-state index in [0.29, 0.717) is 19.0 Å². The summed E-state index contributed by atoms with van der Waals surface area (Å²) in [4.78, 5) is 16.4. The number of carbonyl (C=O) groups is 1. The van der Waals surface area contributed by atoms with Crippen molar-refractivity contribution in [1.29, 1.82) is 0 Å². The molecular formula is C17H15N5O2S. The molecule has 0 spiro atoms. The van der Waals surface area contributed by atoms with Crippen LogP contribution in [0, 0.1) is 0 Å². The van der Waals surface area contributed by atoms with Crippen molar-refractivity contribution in [3.05, 3.63) is 59.5 Å². The van der Waals surface area contributed by atoms with Crippen LogP contribution in [0.15, 0.2) is 48.7 Å². The predicted octanol–water partition coefficient (Wildman–Crippen LogP) is 2.17. The van der Waals surface area contributed by atoms with E-state index in [-0.39, 0.29) is 12.5 Å². The number of ether oxygens (including phenoxy) is 1. The average molecular weight is 353 g/mol. The minimum atomic E-state index is -0.200. The second kappa shape index (κ2) is 6.96. The van der Waals surface area contributed by atoms with E-state index in [2.05, 4.69) is 20.5 Å². The fraction of sp³-hybridized carbons (Fsp3) is 0.176. The molecule has 3 aromatic heterocycles. The average Bonchev–Trinajstić information content (AvgIpc) is 3.23. The summed E-state index contributed by atoms with van der Waals surface area (Å²) in [5.41, 5.74) is 1.70. The van der Waals surface area contributed by atoms with Crippen LogP contribution < -0.4 is 5.32 Å². The van der Waals surface area contributed by atoms with E-state index in [1.807, 2.05) is 53.1 Å². The summed E-state index contributed by atoms with van der Waals surface area (Å²) in [6, 6.07) is 13.6. The summed E-state index contributed by atoms with van der Waals surface area (Å²) in [5, 5.41) is 11.8. The maximum atomic E-state index is 11.9. The number of hydrogen-bond acceptors (Lipinski definition) is 6. The van der Waals surface area contributed by atoms with Crippen molar-refractivity contribution in [3.63, 3.8) is 0 Å². The number of amides is 1. The van der Waals surface area contributed by atoms with Crippen LogP contribution in [0.25, 0.3) is 15.9 Å². The van der Waals surface area contributed by atoms with Gasteiger partial charge in [0.05, 0.1) is 23.4 Å². The van der Waals surface area contributed by atoms with E-state index >= 15 is 0 Å². The summed E-state index contributed by atoms with van der Waals surface area (Å²) in [5.74, 6) is 0.476. The minimum absolute atomic E-state index is 0.0212. The maximum absolute atomic E-state index is 11.9. The molecule has 1 N–H and O–H groups in total. The van der Waals surface area contributed by atoms with Crippen LogP contribution in [0.5, 0.6) is 0 Å². The zero-order valence-electron chi connectivity index (χ0n) is 13.3. The van der Waals surface area contributed by atoms with Crippen molar-refractivity contribution < 1.29 is 9.53 Å². The number of nitrogens with zero attached hydrogens (tertiary/aromatic N) is 4. The lowest BCUT2D eigenvalue weighted by Crippen LogP contribution is -2.27. The molecule has 0 bridgehead atoms. The highest BCUT2D eigenvalue weighted by molar-refractivity contribution is 7.18. The SMILES string of the molecule is O=C(COCc1nc2ccccc2s1)NCc1nnc2ccccn12. The Bertz CT molecular complexity index is 993. The first-order valence-corrected chi connectivity index (χ1v) is 8.59. The lowest BCUT2D eigenvalue weighted by atomic mass is 10.3. The Labute approximate surface area is 147 Å². The van der Waals surface area contributed by atoms with Crippen molar-refractivity contribution in [2.24, 2.45) is 0 Å². The fourth-order valence-electron chi connectivity index (χ4n) is 2.45. The molecule has 0 aliphatic heterocycles. The predicted molar refractivity (Wildman–Crippen MR) is 94.1 cm³/mol. The molecule has 1 amide bonds. The van der Waals surface area contributed by atoms with Crippen LogP contribution in [-0.4, -0.2) is 32.1 Å². The first-order chi connectivity index (χ1) is 12.3. The standard InChI is InChI=1S/C17H15N5O2S/c23-16(18-9-15-21-20-14-7-3-4-8-22(14)15)10-24-11-17-19-12-5-1-2-6-13(12)25-17/h1-8H,9-11H2,(H,18,23). The van der Waals surface area contributed by atoms with Gasteiger partial charge in [0.25, 0.3) is 0 Å². The molecule has 0 saturated heterocycles. The second-order valence-corrected chi connectivity index (χ2v) is 6.51. The Hall–Kier alpha value is -2.84. The first-order valence-electron chi connectivity index (χ1n) is 7.77. The second-order valence-electron chi connectivity index (χ2n) is 5.39. The fourth-order valence-corrected chi connectivity index (χ4v) is 3.36. The van der Waals surface area contributed by atoms with Gasteiger partial charge in [-0.05, 0) is 24.3 Å². The number of pyridine rings is 1. The molecule has 7 nitrogen and oxygen atoms in total. The van der Waals surface area contributed by atoms with Crippen LogP contribution in [0.1, 0.15) is 10.8 Å². The van der Waals surface area contributed by atoms with Crippen molar-refractivity contribution in [2.75, 3.05) is 6.61 Å². The third-order valence-corrected chi connectivity index (χ3v) is 4.63. The van der Waals surface area contributed by atoms with Gasteiger partial charge in [-0.2, -0.15) is 0 Å². The molecule has 0 aliphatic rings. The summed E-state index contributed by atoms with van der Waals surface area (Å²) in [6.07, 6.45) is 1.86. The Morgan fingerprint density at radius 2 is 2.04 bits per heavy atom. The zero-order chi connectivity index (χ0) is 17.1.